The Bertz CT molecular complexity index is 521. The summed E-state index contributed by atoms with van der Waals surface area (Å²) < 4.78 is 39.4. The van der Waals surface area contributed by atoms with Gasteiger partial charge >= 0.3 is 6.18 Å². The van der Waals surface area contributed by atoms with Crippen molar-refractivity contribution in [2.45, 2.75) is 33.0 Å². The van der Waals surface area contributed by atoms with Crippen LogP contribution in [0.3, 0.4) is 0 Å². The molecule has 0 radical (unpaired) electrons. The normalized spacial score (nSPS) is 18.4. The van der Waals surface area contributed by atoms with Crippen molar-refractivity contribution in [3.05, 3.63) is 34.3 Å². The Morgan fingerprint density at radius 2 is 1.70 bits per heavy atom. The highest BCUT2D eigenvalue weighted by Gasteiger charge is 2.37. The molecule has 1 fully saturated rings. The van der Waals surface area contributed by atoms with E-state index < -0.39 is 11.7 Å². The molecule has 7 heteroatoms. The molecule has 132 valence electrons. The Kier molecular flexibility index (Phi) is 6.79. The van der Waals surface area contributed by atoms with E-state index in [4.69, 9.17) is 11.6 Å². The minimum absolute atomic E-state index is 0. The van der Waals surface area contributed by atoms with E-state index in [1.165, 1.54) is 12.1 Å². The molecular formula is C16H23Cl2F3N2. The third kappa shape index (κ3) is 4.99. The third-order valence-electron chi connectivity index (χ3n) is 3.95. The average Bonchev–Trinajstić information content (AvgIpc) is 2.39. The first-order valence-corrected chi connectivity index (χ1v) is 7.80. The van der Waals surface area contributed by atoms with Gasteiger partial charge in [-0.25, -0.2) is 0 Å². The number of halogens is 5. The molecule has 1 aromatic rings. The van der Waals surface area contributed by atoms with Gasteiger partial charge in [0, 0.05) is 32.2 Å². The molecule has 2 rings (SSSR count). The van der Waals surface area contributed by atoms with E-state index in [0.717, 1.165) is 26.2 Å². The zero-order valence-corrected chi connectivity index (χ0v) is 15.1. The summed E-state index contributed by atoms with van der Waals surface area (Å²) in [6.45, 7) is 9.53. The Morgan fingerprint density at radius 1 is 1.13 bits per heavy atom. The molecule has 0 saturated carbocycles. The summed E-state index contributed by atoms with van der Waals surface area (Å²) in [5, 5.41) is 3.03. The van der Waals surface area contributed by atoms with Gasteiger partial charge in [-0.3, -0.25) is 4.90 Å². The van der Waals surface area contributed by atoms with E-state index in [1.807, 2.05) is 0 Å². The predicted molar refractivity (Wildman–Crippen MR) is 90.3 cm³/mol. The Balaban J connectivity index is 0.00000264. The van der Waals surface area contributed by atoms with Crippen LogP contribution in [-0.2, 0) is 6.18 Å². The SMILES string of the molecule is CC(C)(C)[C@H](c1ccc(Cl)c(C(F)(F)F)c1)N1CCNCC1.Cl. The van der Waals surface area contributed by atoms with Crippen LogP contribution in [0.1, 0.15) is 37.9 Å². The number of nitrogens with one attached hydrogen (secondary N) is 1. The molecule has 0 bridgehead atoms. The molecule has 1 aromatic carbocycles. The minimum atomic E-state index is -4.43. The van der Waals surface area contributed by atoms with Gasteiger partial charge < -0.3 is 5.32 Å². The zero-order valence-electron chi connectivity index (χ0n) is 13.5. The third-order valence-corrected chi connectivity index (χ3v) is 4.28. The number of piperazine rings is 1. The highest BCUT2D eigenvalue weighted by Crippen LogP contribution is 2.42. The fourth-order valence-electron chi connectivity index (χ4n) is 3.13. The van der Waals surface area contributed by atoms with Crippen molar-refractivity contribution < 1.29 is 13.2 Å². The quantitative estimate of drug-likeness (QED) is 0.806. The number of rotatable bonds is 2. The van der Waals surface area contributed by atoms with Gasteiger partial charge in [0.15, 0.2) is 0 Å². The first-order chi connectivity index (χ1) is 10.1. The molecule has 2 nitrogen and oxygen atoms in total. The van der Waals surface area contributed by atoms with Crippen molar-refractivity contribution in [1.82, 2.24) is 10.2 Å². The summed E-state index contributed by atoms with van der Waals surface area (Å²) in [5.41, 5.74) is -0.254. The predicted octanol–water partition coefficient (Wildman–Crippen LogP) is 4.77. The zero-order chi connectivity index (χ0) is 16.5. The van der Waals surface area contributed by atoms with Gasteiger partial charge in [-0.05, 0) is 23.1 Å². The maximum Gasteiger partial charge on any atom is 0.417 e. The van der Waals surface area contributed by atoms with Crippen LogP contribution in [0.15, 0.2) is 18.2 Å². The molecule has 1 heterocycles. The minimum Gasteiger partial charge on any atom is -0.314 e. The van der Waals surface area contributed by atoms with Gasteiger partial charge in [0.05, 0.1) is 10.6 Å². The van der Waals surface area contributed by atoms with Crippen molar-refractivity contribution >= 4 is 24.0 Å². The van der Waals surface area contributed by atoms with Gasteiger partial charge in [0.1, 0.15) is 0 Å². The number of hydrogen-bond donors (Lipinski definition) is 1. The topological polar surface area (TPSA) is 15.3 Å². The second-order valence-corrected chi connectivity index (χ2v) is 7.20. The molecule has 0 spiro atoms. The maximum absolute atomic E-state index is 13.1. The van der Waals surface area contributed by atoms with Gasteiger partial charge in [-0.2, -0.15) is 13.2 Å². The van der Waals surface area contributed by atoms with Crippen molar-refractivity contribution in [2.75, 3.05) is 26.2 Å². The van der Waals surface area contributed by atoms with Crippen LogP contribution in [0.2, 0.25) is 5.02 Å². The molecule has 0 unspecified atom stereocenters. The monoisotopic (exact) mass is 370 g/mol. The molecule has 23 heavy (non-hydrogen) atoms. The lowest BCUT2D eigenvalue weighted by Gasteiger charge is -2.42. The van der Waals surface area contributed by atoms with Crippen molar-refractivity contribution in [3.63, 3.8) is 0 Å². The van der Waals surface area contributed by atoms with Crippen molar-refractivity contribution in [1.29, 1.82) is 0 Å². The first-order valence-electron chi connectivity index (χ1n) is 7.42. The van der Waals surface area contributed by atoms with Gasteiger partial charge in [0.2, 0.25) is 0 Å². The number of alkyl halides is 3. The first kappa shape index (κ1) is 20.6. The summed E-state index contributed by atoms with van der Waals surface area (Å²) in [5.74, 6) is 0. The molecule has 1 aliphatic heterocycles. The number of hydrogen-bond acceptors (Lipinski definition) is 2. The van der Waals surface area contributed by atoms with E-state index in [2.05, 4.69) is 31.0 Å². The lowest BCUT2D eigenvalue weighted by molar-refractivity contribution is -0.137. The van der Waals surface area contributed by atoms with Crippen LogP contribution >= 0.6 is 24.0 Å². The average molecular weight is 371 g/mol. The van der Waals surface area contributed by atoms with Gasteiger partial charge in [-0.15, -0.1) is 12.4 Å². The van der Waals surface area contributed by atoms with Crippen LogP contribution in [0.4, 0.5) is 13.2 Å². The van der Waals surface area contributed by atoms with Gasteiger partial charge in [0.25, 0.3) is 0 Å². The second-order valence-electron chi connectivity index (χ2n) is 6.79. The van der Waals surface area contributed by atoms with Crippen molar-refractivity contribution in [2.24, 2.45) is 5.41 Å². The van der Waals surface area contributed by atoms with E-state index >= 15 is 0 Å². The Labute approximate surface area is 146 Å². The Morgan fingerprint density at radius 3 is 2.17 bits per heavy atom. The van der Waals surface area contributed by atoms with Crippen LogP contribution in [-0.4, -0.2) is 31.1 Å². The van der Waals surface area contributed by atoms with E-state index in [-0.39, 0.29) is 28.9 Å². The highest BCUT2D eigenvalue weighted by molar-refractivity contribution is 6.31. The van der Waals surface area contributed by atoms with Crippen LogP contribution in [0.5, 0.6) is 0 Å². The van der Waals surface area contributed by atoms with Crippen LogP contribution in [0, 0.1) is 5.41 Å². The molecule has 0 amide bonds. The summed E-state index contributed by atoms with van der Waals surface area (Å²) in [6.07, 6.45) is -4.43. The fourth-order valence-corrected chi connectivity index (χ4v) is 3.35. The fraction of sp³-hybridized carbons (Fsp3) is 0.625. The smallest absolute Gasteiger partial charge is 0.314 e. The molecule has 1 saturated heterocycles. The number of benzene rings is 1. The largest absolute Gasteiger partial charge is 0.417 e. The summed E-state index contributed by atoms with van der Waals surface area (Å²) >= 11 is 5.74. The van der Waals surface area contributed by atoms with E-state index in [0.29, 0.717) is 5.56 Å². The van der Waals surface area contributed by atoms with E-state index in [9.17, 15) is 13.2 Å². The van der Waals surface area contributed by atoms with Crippen LogP contribution in [0.25, 0.3) is 0 Å². The number of nitrogens with zero attached hydrogens (tertiary/aromatic N) is 1. The summed E-state index contributed by atoms with van der Waals surface area (Å²) in [6, 6.07) is 4.21. The molecule has 1 aliphatic rings. The second kappa shape index (κ2) is 7.60. The molecule has 0 aromatic heterocycles. The van der Waals surface area contributed by atoms with Gasteiger partial charge in [-0.1, -0.05) is 38.4 Å². The van der Waals surface area contributed by atoms with Crippen molar-refractivity contribution in [3.8, 4) is 0 Å². The molecule has 0 aliphatic carbocycles. The summed E-state index contributed by atoms with van der Waals surface area (Å²) in [7, 11) is 0. The lowest BCUT2D eigenvalue weighted by Crippen LogP contribution is -2.48. The maximum atomic E-state index is 13.1. The molecule has 1 atom stereocenters. The Hall–Kier alpha value is -0.490. The standard InChI is InChI=1S/C16H22ClF3N2.ClH/c1-15(2,3)14(22-8-6-21-7-9-22)11-4-5-13(17)12(10-11)16(18,19)20;/h4-5,10,14,21H,6-9H2,1-3H3;1H/t14-;/m0./s1. The molecule has 1 N–H and O–H groups in total. The van der Waals surface area contributed by atoms with Crippen LogP contribution < -0.4 is 5.32 Å². The lowest BCUT2D eigenvalue weighted by atomic mass is 9.80. The summed E-state index contributed by atoms with van der Waals surface area (Å²) in [4.78, 5) is 2.25. The molecular weight excluding hydrogens is 348 g/mol. The highest BCUT2D eigenvalue weighted by atomic mass is 35.5. The van der Waals surface area contributed by atoms with E-state index in [1.54, 1.807) is 6.07 Å².